The molecule has 0 unspecified atom stereocenters. The van der Waals surface area contributed by atoms with Gasteiger partial charge < -0.3 is 9.47 Å². The molecule has 64 heavy (non-hydrogen) atoms. The Kier molecular flexibility index (Phi) is 9.20. The highest BCUT2D eigenvalue weighted by Crippen LogP contribution is 2.39. The minimum Gasteiger partial charge on any atom is -0.311 e. The van der Waals surface area contributed by atoms with Gasteiger partial charge in [0.15, 0.2) is 0 Å². The third-order valence-electron chi connectivity index (χ3n) is 12.8. The normalized spacial score (nSPS) is 11.4. The molecule has 0 bridgehead atoms. The monoisotopic (exact) mass is 814 g/mol. The molecule has 0 atom stereocenters. The number of rotatable bonds is 8. The fourth-order valence-corrected chi connectivity index (χ4v) is 9.45. The molecule has 2 heteroatoms. The van der Waals surface area contributed by atoms with E-state index in [4.69, 9.17) is 0 Å². The molecular formula is C62H42N2. The van der Waals surface area contributed by atoms with Crippen LogP contribution in [0.5, 0.6) is 0 Å². The van der Waals surface area contributed by atoms with Gasteiger partial charge in [0.05, 0.1) is 11.0 Å². The maximum Gasteiger partial charge on any atom is 0.0541 e. The summed E-state index contributed by atoms with van der Waals surface area (Å²) >= 11 is 0. The average molecular weight is 815 g/mol. The van der Waals surface area contributed by atoms with E-state index in [0.717, 1.165) is 22.7 Å². The second-order valence-corrected chi connectivity index (χ2v) is 16.6. The number of fused-ring (bicyclic) bond motifs is 5. The number of aromatic nitrogens is 1. The van der Waals surface area contributed by atoms with Crippen LogP contribution in [0.15, 0.2) is 255 Å². The molecule has 12 aromatic rings. The second-order valence-electron chi connectivity index (χ2n) is 16.6. The molecule has 11 aromatic carbocycles. The molecule has 0 N–H and O–H groups in total. The Hall–Kier alpha value is -8.46. The first-order chi connectivity index (χ1) is 31.7. The van der Waals surface area contributed by atoms with Gasteiger partial charge in [0.2, 0.25) is 0 Å². The molecule has 1 heterocycles. The zero-order valence-corrected chi connectivity index (χ0v) is 35.1. The summed E-state index contributed by atoms with van der Waals surface area (Å²) in [5.74, 6) is 0. The lowest BCUT2D eigenvalue weighted by Crippen LogP contribution is -2.09. The smallest absolute Gasteiger partial charge is 0.0541 e. The SMILES string of the molecule is c1ccc2cc(-c3ccc(N(c4ccc(-c5ccc(-c6ccc(-n7c8ccccc8c8ccccc87)cc6)cc5)cc4)c4ccc(-c5ccc6ccccc6c5)cc4)cc3)ccc2c1. The summed E-state index contributed by atoms with van der Waals surface area (Å²) in [5.41, 5.74) is 16.5. The van der Waals surface area contributed by atoms with Gasteiger partial charge in [0, 0.05) is 33.5 Å². The number of para-hydroxylation sites is 2. The molecule has 12 rings (SSSR count). The van der Waals surface area contributed by atoms with E-state index in [1.807, 2.05) is 0 Å². The van der Waals surface area contributed by atoms with E-state index in [1.165, 1.54) is 87.9 Å². The van der Waals surface area contributed by atoms with E-state index in [2.05, 4.69) is 264 Å². The maximum atomic E-state index is 2.37. The summed E-state index contributed by atoms with van der Waals surface area (Å²) in [7, 11) is 0. The van der Waals surface area contributed by atoms with Gasteiger partial charge >= 0.3 is 0 Å². The summed E-state index contributed by atoms with van der Waals surface area (Å²) in [6.07, 6.45) is 0. The largest absolute Gasteiger partial charge is 0.311 e. The third-order valence-corrected chi connectivity index (χ3v) is 12.8. The van der Waals surface area contributed by atoms with Crippen LogP contribution in [0, 0.1) is 0 Å². The summed E-state index contributed by atoms with van der Waals surface area (Å²) in [4.78, 5) is 2.35. The fraction of sp³-hybridized carbons (Fsp3) is 0. The number of hydrogen-bond acceptors (Lipinski definition) is 1. The van der Waals surface area contributed by atoms with E-state index in [-0.39, 0.29) is 0 Å². The van der Waals surface area contributed by atoms with Gasteiger partial charge in [-0.05, 0) is 139 Å². The number of hydrogen-bond donors (Lipinski definition) is 0. The van der Waals surface area contributed by atoms with E-state index in [0.29, 0.717) is 0 Å². The van der Waals surface area contributed by atoms with Crippen molar-refractivity contribution in [2.24, 2.45) is 0 Å². The predicted octanol–water partition coefficient (Wildman–Crippen LogP) is 17.2. The number of benzene rings is 11. The molecule has 0 fully saturated rings. The first-order valence-corrected chi connectivity index (χ1v) is 22.0. The van der Waals surface area contributed by atoms with Crippen molar-refractivity contribution in [3.63, 3.8) is 0 Å². The van der Waals surface area contributed by atoms with Crippen LogP contribution in [0.4, 0.5) is 17.1 Å². The van der Waals surface area contributed by atoms with Crippen molar-refractivity contribution in [3.05, 3.63) is 255 Å². The standard InChI is InChI=1S/C62H42N2/c1-3-11-51-41-53(23-21-43(51)9-1)49-29-35-56(36-30-49)63(57-37-31-50(32-38-57)54-24-22-44-10-2-4-12-52(44)42-54)55-33-25-47(26-34-55)45-17-19-46(20-18-45)48-27-39-58(40-28-48)64-61-15-7-5-13-59(61)60-14-6-8-16-62(60)64/h1-42H. The maximum absolute atomic E-state index is 2.37. The Bertz CT molecular complexity index is 3440. The van der Waals surface area contributed by atoms with Crippen LogP contribution < -0.4 is 4.90 Å². The van der Waals surface area contributed by atoms with Crippen LogP contribution in [0.25, 0.3) is 93.5 Å². The lowest BCUT2D eigenvalue weighted by Gasteiger charge is -2.26. The van der Waals surface area contributed by atoms with Crippen LogP contribution in [0.2, 0.25) is 0 Å². The molecule has 0 aliphatic heterocycles. The highest BCUT2D eigenvalue weighted by Gasteiger charge is 2.15. The van der Waals surface area contributed by atoms with E-state index < -0.39 is 0 Å². The highest BCUT2D eigenvalue weighted by molar-refractivity contribution is 6.09. The van der Waals surface area contributed by atoms with Crippen molar-refractivity contribution >= 4 is 60.4 Å². The fourth-order valence-electron chi connectivity index (χ4n) is 9.45. The summed E-state index contributed by atoms with van der Waals surface area (Å²) in [6, 6.07) is 92.6. The second kappa shape index (κ2) is 15.8. The van der Waals surface area contributed by atoms with Gasteiger partial charge in [-0.1, -0.05) is 182 Å². The zero-order valence-electron chi connectivity index (χ0n) is 35.1. The summed E-state index contributed by atoms with van der Waals surface area (Å²) in [6.45, 7) is 0. The van der Waals surface area contributed by atoms with Crippen molar-refractivity contribution in [1.82, 2.24) is 4.57 Å². The lowest BCUT2D eigenvalue weighted by molar-refractivity contribution is 1.18. The van der Waals surface area contributed by atoms with Gasteiger partial charge in [-0.15, -0.1) is 0 Å². The van der Waals surface area contributed by atoms with Crippen LogP contribution in [-0.2, 0) is 0 Å². The molecule has 0 saturated heterocycles. The Balaban J connectivity index is 0.838. The van der Waals surface area contributed by atoms with Crippen molar-refractivity contribution < 1.29 is 0 Å². The van der Waals surface area contributed by atoms with Crippen molar-refractivity contribution in [3.8, 4) is 50.2 Å². The van der Waals surface area contributed by atoms with Crippen molar-refractivity contribution in [1.29, 1.82) is 0 Å². The van der Waals surface area contributed by atoms with Gasteiger partial charge in [0.25, 0.3) is 0 Å². The first-order valence-electron chi connectivity index (χ1n) is 22.0. The molecular weight excluding hydrogens is 773 g/mol. The lowest BCUT2D eigenvalue weighted by atomic mass is 9.99. The average Bonchev–Trinajstić information content (AvgIpc) is 3.71. The molecule has 0 amide bonds. The Morgan fingerprint density at radius 3 is 0.938 bits per heavy atom. The summed E-state index contributed by atoms with van der Waals surface area (Å²) in [5, 5.41) is 7.55. The quantitative estimate of drug-likeness (QED) is 0.148. The molecule has 0 aliphatic rings. The van der Waals surface area contributed by atoms with Gasteiger partial charge in [-0.2, -0.15) is 0 Å². The van der Waals surface area contributed by atoms with E-state index in [1.54, 1.807) is 0 Å². The molecule has 0 saturated carbocycles. The van der Waals surface area contributed by atoms with Crippen LogP contribution in [0.3, 0.4) is 0 Å². The topological polar surface area (TPSA) is 8.17 Å². The highest BCUT2D eigenvalue weighted by atomic mass is 15.1. The summed E-state index contributed by atoms with van der Waals surface area (Å²) < 4.78 is 2.37. The van der Waals surface area contributed by atoms with Crippen LogP contribution >= 0.6 is 0 Å². The molecule has 0 radical (unpaired) electrons. The van der Waals surface area contributed by atoms with Gasteiger partial charge in [-0.25, -0.2) is 0 Å². The Morgan fingerprint density at radius 1 is 0.234 bits per heavy atom. The van der Waals surface area contributed by atoms with E-state index >= 15 is 0 Å². The Morgan fingerprint density at radius 2 is 0.531 bits per heavy atom. The molecule has 1 aromatic heterocycles. The third kappa shape index (κ3) is 6.79. The van der Waals surface area contributed by atoms with Crippen molar-refractivity contribution in [2.75, 3.05) is 4.90 Å². The molecule has 2 nitrogen and oxygen atoms in total. The Labute approximate surface area is 373 Å². The molecule has 300 valence electrons. The minimum absolute atomic E-state index is 1.10. The first kappa shape index (κ1) is 37.3. The minimum atomic E-state index is 1.10. The van der Waals surface area contributed by atoms with Gasteiger partial charge in [-0.3, -0.25) is 0 Å². The van der Waals surface area contributed by atoms with Crippen molar-refractivity contribution in [2.45, 2.75) is 0 Å². The molecule has 0 spiro atoms. The molecule has 0 aliphatic carbocycles. The van der Waals surface area contributed by atoms with Gasteiger partial charge in [0.1, 0.15) is 0 Å². The zero-order chi connectivity index (χ0) is 42.4. The number of anilines is 3. The van der Waals surface area contributed by atoms with Crippen LogP contribution in [0.1, 0.15) is 0 Å². The van der Waals surface area contributed by atoms with E-state index in [9.17, 15) is 0 Å². The van der Waals surface area contributed by atoms with Crippen LogP contribution in [-0.4, -0.2) is 4.57 Å². The number of nitrogens with zero attached hydrogens (tertiary/aromatic N) is 2. The predicted molar refractivity (Wildman–Crippen MR) is 272 cm³/mol.